The number of fused-ring (bicyclic) bond motifs is 3. The standard InChI is InChI=1S/C17H21ClN4O.ClH/c1-21(15-6-12-3-4-13(7-15)19-12)10-14-8-17(23)22-9-11(18)2-5-16(22)20-14;/h2,5,8-9,12-13,15,19H,3-4,6-7,10H2,1H3;1H. The number of rotatable bonds is 3. The lowest BCUT2D eigenvalue weighted by Gasteiger charge is -2.35. The number of pyridine rings is 1. The fourth-order valence-electron chi connectivity index (χ4n) is 3.98. The van der Waals surface area contributed by atoms with E-state index < -0.39 is 0 Å². The third kappa shape index (κ3) is 3.45. The molecule has 4 rings (SSSR count). The van der Waals surface area contributed by atoms with Crippen molar-refractivity contribution in [1.29, 1.82) is 0 Å². The first-order valence-electron chi connectivity index (χ1n) is 8.22. The number of hydrogen-bond donors (Lipinski definition) is 1. The number of halogens is 2. The van der Waals surface area contributed by atoms with Crippen molar-refractivity contribution in [3.63, 3.8) is 0 Å². The molecule has 2 aromatic heterocycles. The normalized spacial score (nSPS) is 25.9. The van der Waals surface area contributed by atoms with Crippen LogP contribution < -0.4 is 10.9 Å². The highest BCUT2D eigenvalue weighted by molar-refractivity contribution is 6.30. The molecule has 5 nitrogen and oxygen atoms in total. The van der Waals surface area contributed by atoms with Gasteiger partial charge in [0.2, 0.25) is 0 Å². The van der Waals surface area contributed by atoms with Crippen LogP contribution in [0.4, 0.5) is 0 Å². The van der Waals surface area contributed by atoms with Crippen LogP contribution in [0, 0.1) is 0 Å². The van der Waals surface area contributed by atoms with Gasteiger partial charge in [-0.2, -0.15) is 0 Å². The predicted octanol–water partition coefficient (Wildman–Crippen LogP) is 2.48. The second-order valence-corrected chi connectivity index (χ2v) is 7.28. The van der Waals surface area contributed by atoms with E-state index in [0.29, 0.717) is 35.3 Å². The predicted molar refractivity (Wildman–Crippen MR) is 98.2 cm³/mol. The lowest BCUT2D eigenvalue weighted by molar-refractivity contribution is 0.164. The quantitative estimate of drug-likeness (QED) is 0.903. The Morgan fingerprint density at radius 2 is 2.04 bits per heavy atom. The third-order valence-corrected chi connectivity index (χ3v) is 5.38. The molecule has 0 radical (unpaired) electrons. The van der Waals surface area contributed by atoms with Crippen LogP contribution in [0.15, 0.2) is 29.2 Å². The molecule has 2 unspecified atom stereocenters. The van der Waals surface area contributed by atoms with Gasteiger partial charge in [0, 0.05) is 36.9 Å². The maximum absolute atomic E-state index is 12.3. The Morgan fingerprint density at radius 3 is 2.75 bits per heavy atom. The minimum atomic E-state index is -0.0775. The zero-order valence-electron chi connectivity index (χ0n) is 13.6. The maximum atomic E-state index is 12.3. The van der Waals surface area contributed by atoms with Gasteiger partial charge in [-0.3, -0.25) is 14.1 Å². The topological polar surface area (TPSA) is 49.6 Å². The van der Waals surface area contributed by atoms with Crippen molar-refractivity contribution >= 4 is 29.7 Å². The van der Waals surface area contributed by atoms with E-state index in [2.05, 4.69) is 22.2 Å². The zero-order chi connectivity index (χ0) is 16.0. The van der Waals surface area contributed by atoms with Crippen LogP contribution in [0.3, 0.4) is 0 Å². The van der Waals surface area contributed by atoms with E-state index >= 15 is 0 Å². The molecular formula is C17H22Cl2N4O. The smallest absolute Gasteiger partial charge is 0.258 e. The first kappa shape index (κ1) is 17.7. The van der Waals surface area contributed by atoms with E-state index in [-0.39, 0.29) is 18.0 Å². The average molecular weight is 369 g/mol. The van der Waals surface area contributed by atoms with E-state index in [1.54, 1.807) is 24.4 Å². The minimum Gasteiger partial charge on any atom is -0.311 e. The molecule has 0 spiro atoms. The van der Waals surface area contributed by atoms with Crippen LogP contribution in [-0.4, -0.2) is 39.5 Å². The highest BCUT2D eigenvalue weighted by Crippen LogP contribution is 2.29. The molecule has 7 heteroatoms. The number of hydrogen-bond acceptors (Lipinski definition) is 4. The van der Waals surface area contributed by atoms with Crippen LogP contribution in [0.1, 0.15) is 31.4 Å². The molecule has 2 saturated heterocycles. The van der Waals surface area contributed by atoms with Crippen LogP contribution in [0.2, 0.25) is 5.02 Å². The van der Waals surface area contributed by atoms with Crippen molar-refractivity contribution in [2.45, 2.75) is 50.4 Å². The first-order chi connectivity index (χ1) is 11.1. The summed E-state index contributed by atoms with van der Waals surface area (Å²) in [7, 11) is 2.14. The molecule has 0 amide bonds. The zero-order valence-corrected chi connectivity index (χ0v) is 15.2. The van der Waals surface area contributed by atoms with Gasteiger partial charge in [-0.25, -0.2) is 4.98 Å². The SMILES string of the molecule is CN(Cc1cc(=O)n2cc(Cl)ccc2n1)C1CC2CCC(C1)N2.Cl. The van der Waals surface area contributed by atoms with Crippen LogP contribution in [0.25, 0.3) is 5.65 Å². The Kier molecular flexibility index (Phi) is 5.16. The van der Waals surface area contributed by atoms with E-state index in [1.807, 2.05) is 0 Å². The van der Waals surface area contributed by atoms with E-state index in [4.69, 9.17) is 11.6 Å². The molecule has 2 aliphatic rings. The molecule has 2 atom stereocenters. The monoisotopic (exact) mass is 368 g/mol. The molecule has 2 fully saturated rings. The molecule has 2 aromatic rings. The summed E-state index contributed by atoms with van der Waals surface area (Å²) in [5.74, 6) is 0. The van der Waals surface area contributed by atoms with Crippen molar-refractivity contribution in [1.82, 2.24) is 19.6 Å². The molecule has 0 aliphatic carbocycles. The molecule has 2 aliphatic heterocycles. The summed E-state index contributed by atoms with van der Waals surface area (Å²) in [5, 5.41) is 4.21. The Morgan fingerprint density at radius 1 is 1.33 bits per heavy atom. The highest BCUT2D eigenvalue weighted by Gasteiger charge is 2.35. The summed E-state index contributed by atoms with van der Waals surface area (Å²) in [6.45, 7) is 0.707. The highest BCUT2D eigenvalue weighted by atomic mass is 35.5. The number of nitrogens with one attached hydrogen (secondary N) is 1. The van der Waals surface area contributed by atoms with Gasteiger partial charge in [0.25, 0.3) is 5.56 Å². The molecule has 0 aromatic carbocycles. The Hall–Kier alpha value is -1.14. The molecule has 2 bridgehead atoms. The van der Waals surface area contributed by atoms with Gasteiger partial charge in [-0.15, -0.1) is 12.4 Å². The van der Waals surface area contributed by atoms with Gasteiger partial charge < -0.3 is 5.32 Å². The molecule has 4 heterocycles. The number of aromatic nitrogens is 2. The first-order valence-corrected chi connectivity index (χ1v) is 8.60. The number of nitrogens with zero attached hydrogens (tertiary/aromatic N) is 3. The van der Waals surface area contributed by atoms with E-state index in [0.717, 1.165) is 5.69 Å². The van der Waals surface area contributed by atoms with Crippen LogP contribution in [-0.2, 0) is 6.54 Å². The van der Waals surface area contributed by atoms with Crippen molar-refractivity contribution in [2.75, 3.05) is 7.05 Å². The van der Waals surface area contributed by atoms with E-state index in [9.17, 15) is 4.79 Å². The van der Waals surface area contributed by atoms with Gasteiger partial charge in [0.15, 0.2) is 0 Å². The summed E-state index contributed by atoms with van der Waals surface area (Å²) in [6.07, 6.45) is 6.59. The Balaban J connectivity index is 0.00000169. The summed E-state index contributed by atoms with van der Waals surface area (Å²) in [5.41, 5.74) is 1.40. The summed E-state index contributed by atoms with van der Waals surface area (Å²) in [4.78, 5) is 19.2. The fourth-order valence-corrected chi connectivity index (χ4v) is 4.14. The van der Waals surface area contributed by atoms with Crippen molar-refractivity contribution < 1.29 is 0 Å². The van der Waals surface area contributed by atoms with Crippen molar-refractivity contribution in [3.05, 3.63) is 45.5 Å². The molecule has 1 N–H and O–H groups in total. The van der Waals surface area contributed by atoms with Crippen molar-refractivity contribution in [3.8, 4) is 0 Å². The fraction of sp³-hybridized carbons (Fsp3) is 0.529. The van der Waals surface area contributed by atoms with Crippen molar-refractivity contribution in [2.24, 2.45) is 0 Å². The van der Waals surface area contributed by atoms with Gasteiger partial charge in [-0.05, 0) is 44.9 Å². The second kappa shape index (κ2) is 7.00. The molecular weight excluding hydrogens is 347 g/mol. The largest absolute Gasteiger partial charge is 0.311 e. The number of piperidine rings is 1. The van der Waals surface area contributed by atoms with Gasteiger partial charge >= 0.3 is 0 Å². The Labute approximate surface area is 152 Å². The molecule has 130 valence electrons. The molecule has 24 heavy (non-hydrogen) atoms. The van der Waals surface area contributed by atoms with E-state index in [1.165, 1.54) is 30.1 Å². The lowest BCUT2D eigenvalue weighted by atomic mass is 9.98. The second-order valence-electron chi connectivity index (χ2n) is 6.84. The van der Waals surface area contributed by atoms with Gasteiger partial charge in [0.1, 0.15) is 5.65 Å². The maximum Gasteiger partial charge on any atom is 0.258 e. The summed E-state index contributed by atoms with van der Waals surface area (Å²) in [6, 6.07) is 7.07. The minimum absolute atomic E-state index is 0. The van der Waals surface area contributed by atoms with Gasteiger partial charge in [-0.1, -0.05) is 11.6 Å². The van der Waals surface area contributed by atoms with Crippen LogP contribution >= 0.6 is 24.0 Å². The third-order valence-electron chi connectivity index (χ3n) is 5.16. The lowest BCUT2D eigenvalue weighted by Crippen LogP contribution is -2.46. The Bertz CT molecular complexity index is 782. The molecule has 0 saturated carbocycles. The van der Waals surface area contributed by atoms with Gasteiger partial charge in [0.05, 0.1) is 10.7 Å². The average Bonchev–Trinajstić information content (AvgIpc) is 2.86. The summed E-state index contributed by atoms with van der Waals surface area (Å²) >= 11 is 5.95. The summed E-state index contributed by atoms with van der Waals surface area (Å²) < 4.78 is 1.50. The van der Waals surface area contributed by atoms with Crippen LogP contribution in [0.5, 0.6) is 0 Å².